The highest BCUT2D eigenvalue weighted by atomic mass is 19.1. The Kier molecular flexibility index (Phi) is 4.20. The molecule has 5 aromatic rings. The van der Waals surface area contributed by atoms with Gasteiger partial charge in [0.15, 0.2) is 17.1 Å². The van der Waals surface area contributed by atoms with E-state index in [9.17, 15) is 13.6 Å². The molecule has 4 aromatic heterocycles. The number of halogens is 2. The van der Waals surface area contributed by atoms with Gasteiger partial charge in [-0.15, -0.1) is 5.10 Å². The molecule has 158 valence electrons. The average molecular weight is 426 g/mol. The molecule has 0 saturated carbocycles. The van der Waals surface area contributed by atoms with Crippen LogP contribution in [0.25, 0.3) is 28.4 Å². The Morgan fingerprint density at radius 3 is 2.77 bits per heavy atom. The summed E-state index contributed by atoms with van der Waals surface area (Å²) in [6.07, 6.45) is 1.50. The first kappa shape index (κ1) is 18.8. The number of nitrogens with zero attached hydrogens (tertiary/aromatic N) is 6. The van der Waals surface area contributed by atoms with Gasteiger partial charge < -0.3 is 15.5 Å². The monoisotopic (exact) mass is 426 g/mol. The number of aromatic nitrogens is 6. The zero-order valence-corrected chi connectivity index (χ0v) is 16.2. The molecule has 0 aliphatic rings. The first-order valence-electron chi connectivity index (χ1n) is 9.28. The lowest BCUT2D eigenvalue weighted by Crippen LogP contribution is -2.25. The number of benzene rings is 1. The topological polar surface area (TPSA) is 121 Å². The van der Waals surface area contributed by atoms with Crippen molar-refractivity contribution in [3.8, 4) is 11.6 Å². The number of nitrogens with two attached hydrogens (primary N) is 1. The third-order valence-electron chi connectivity index (χ3n) is 4.90. The Labute approximate surface area is 172 Å². The van der Waals surface area contributed by atoms with E-state index < -0.39 is 11.6 Å². The van der Waals surface area contributed by atoms with Gasteiger partial charge in [0.2, 0.25) is 11.8 Å². The number of fused-ring (bicyclic) bond motifs is 3. The van der Waals surface area contributed by atoms with Crippen LogP contribution in [0.5, 0.6) is 0 Å². The highest BCUT2D eigenvalue weighted by Crippen LogP contribution is 2.23. The quantitative estimate of drug-likeness (QED) is 0.441. The van der Waals surface area contributed by atoms with Crippen molar-refractivity contribution in [2.24, 2.45) is 7.05 Å². The predicted molar refractivity (Wildman–Crippen MR) is 108 cm³/mol. The summed E-state index contributed by atoms with van der Waals surface area (Å²) in [5, 5.41) is 7.17. The van der Waals surface area contributed by atoms with Crippen molar-refractivity contribution < 1.29 is 13.2 Å². The fourth-order valence-corrected chi connectivity index (χ4v) is 3.44. The SMILES string of the molecule is Cn1c(=O)n(CCNc2ccc(F)cc2F)c2nc(N)n3nc(-c4ccco4)nc3c21. The maximum Gasteiger partial charge on any atom is 0.330 e. The van der Waals surface area contributed by atoms with E-state index in [1.807, 2.05) is 0 Å². The van der Waals surface area contributed by atoms with E-state index in [1.54, 1.807) is 19.2 Å². The Hall–Kier alpha value is -4.22. The van der Waals surface area contributed by atoms with E-state index in [-0.39, 0.29) is 30.4 Å². The van der Waals surface area contributed by atoms with Gasteiger partial charge in [0.05, 0.1) is 12.0 Å². The first-order valence-corrected chi connectivity index (χ1v) is 9.28. The Morgan fingerprint density at radius 2 is 2.03 bits per heavy atom. The summed E-state index contributed by atoms with van der Waals surface area (Å²) in [6.45, 7) is 0.355. The van der Waals surface area contributed by atoms with Crippen LogP contribution in [0.15, 0.2) is 45.8 Å². The number of imidazole rings is 1. The van der Waals surface area contributed by atoms with E-state index in [0.717, 1.165) is 12.1 Å². The molecular weight excluding hydrogens is 410 g/mol. The van der Waals surface area contributed by atoms with Crippen LogP contribution in [-0.4, -0.2) is 35.3 Å². The molecular formula is C19H16F2N8O2. The number of nitrogens with one attached hydrogen (secondary N) is 1. The lowest BCUT2D eigenvalue weighted by Gasteiger charge is -2.08. The van der Waals surface area contributed by atoms with Crippen LogP contribution in [0.3, 0.4) is 0 Å². The van der Waals surface area contributed by atoms with Crippen LogP contribution in [0.1, 0.15) is 0 Å². The van der Waals surface area contributed by atoms with Gasteiger partial charge in [-0.2, -0.15) is 9.50 Å². The summed E-state index contributed by atoms with van der Waals surface area (Å²) in [5.41, 5.74) is 6.96. The van der Waals surface area contributed by atoms with E-state index in [1.165, 1.54) is 26.0 Å². The summed E-state index contributed by atoms with van der Waals surface area (Å²) in [4.78, 5) is 21.7. The van der Waals surface area contributed by atoms with Crippen molar-refractivity contribution in [1.29, 1.82) is 0 Å². The van der Waals surface area contributed by atoms with Gasteiger partial charge in [0, 0.05) is 26.2 Å². The van der Waals surface area contributed by atoms with Crippen molar-refractivity contribution in [3.63, 3.8) is 0 Å². The van der Waals surface area contributed by atoms with Gasteiger partial charge in [-0.25, -0.2) is 18.6 Å². The first-order chi connectivity index (χ1) is 14.9. The van der Waals surface area contributed by atoms with Crippen LogP contribution >= 0.6 is 0 Å². The van der Waals surface area contributed by atoms with Crippen LogP contribution < -0.4 is 16.7 Å². The number of nitrogen functional groups attached to an aromatic ring is 1. The minimum atomic E-state index is -0.719. The van der Waals surface area contributed by atoms with Gasteiger partial charge in [-0.3, -0.25) is 9.13 Å². The molecule has 0 saturated heterocycles. The number of hydrogen-bond acceptors (Lipinski definition) is 7. The molecule has 0 radical (unpaired) electrons. The van der Waals surface area contributed by atoms with Gasteiger partial charge in [-0.05, 0) is 24.3 Å². The predicted octanol–water partition coefficient (Wildman–Crippen LogP) is 2.01. The minimum Gasteiger partial charge on any atom is -0.461 e. The molecule has 10 nitrogen and oxygen atoms in total. The molecule has 0 atom stereocenters. The third-order valence-corrected chi connectivity index (χ3v) is 4.90. The fraction of sp³-hybridized carbons (Fsp3) is 0.158. The molecule has 0 aliphatic carbocycles. The molecule has 4 heterocycles. The zero-order valence-electron chi connectivity index (χ0n) is 16.2. The van der Waals surface area contributed by atoms with Gasteiger partial charge in [0.1, 0.15) is 17.2 Å². The van der Waals surface area contributed by atoms with E-state index in [2.05, 4.69) is 20.4 Å². The molecule has 0 amide bonds. The minimum absolute atomic E-state index is 0.0460. The Bertz CT molecular complexity index is 1480. The lowest BCUT2D eigenvalue weighted by molar-refractivity contribution is 0.577. The molecule has 0 unspecified atom stereocenters. The number of rotatable bonds is 5. The molecule has 3 N–H and O–H groups in total. The maximum atomic E-state index is 13.8. The molecule has 0 bridgehead atoms. The smallest absolute Gasteiger partial charge is 0.330 e. The van der Waals surface area contributed by atoms with Crippen molar-refractivity contribution in [2.45, 2.75) is 6.54 Å². The normalized spacial score (nSPS) is 11.6. The largest absolute Gasteiger partial charge is 0.461 e. The molecule has 12 heteroatoms. The van der Waals surface area contributed by atoms with Crippen LogP contribution in [0.2, 0.25) is 0 Å². The standard InChI is InChI=1S/C19H16F2N8O2/c1-27-14-16(25-18(22)29-17(14)24-15(26-29)13-3-2-8-31-13)28(19(27)30)7-6-23-12-5-4-10(20)9-11(12)21/h2-5,8-9,23H,6-7H2,1H3,(H2,22,25). The van der Waals surface area contributed by atoms with Crippen molar-refractivity contribution in [3.05, 3.63) is 58.7 Å². The molecule has 0 fully saturated rings. The molecule has 0 spiro atoms. The van der Waals surface area contributed by atoms with Gasteiger partial charge in [-0.1, -0.05) is 0 Å². The summed E-state index contributed by atoms with van der Waals surface area (Å²) in [5.74, 6) is -0.585. The van der Waals surface area contributed by atoms with E-state index in [0.29, 0.717) is 28.4 Å². The highest BCUT2D eigenvalue weighted by molar-refractivity contribution is 5.88. The Balaban J connectivity index is 1.54. The summed E-state index contributed by atoms with van der Waals surface area (Å²) < 4.78 is 36.4. The summed E-state index contributed by atoms with van der Waals surface area (Å²) in [7, 11) is 1.59. The number of hydrogen-bond donors (Lipinski definition) is 2. The highest BCUT2D eigenvalue weighted by Gasteiger charge is 2.21. The number of aryl methyl sites for hydroxylation is 1. The van der Waals surface area contributed by atoms with Crippen molar-refractivity contribution in [2.75, 3.05) is 17.6 Å². The number of furan rings is 1. The van der Waals surface area contributed by atoms with E-state index in [4.69, 9.17) is 10.2 Å². The van der Waals surface area contributed by atoms with Crippen LogP contribution in [0, 0.1) is 11.6 Å². The van der Waals surface area contributed by atoms with Gasteiger partial charge >= 0.3 is 5.69 Å². The van der Waals surface area contributed by atoms with E-state index >= 15 is 0 Å². The van der Waals surface area contributed by atoms with Gasteiger partial charge in [0.25, 0.3) is 0 Å². The van der Waals surface area contributed by atoms with Crippen molar-refractivity contribution in [1.82, 2.24) is 28.7 Å². The lowest BCUT2D eigenvalue weighted by atomic mass is 10.3. The average Bonchev–Trinajstić information content (AvgIpc) is 3.45. The molecule has 1 aromatic carbocycles. The molecule has 0 aliphatic heterocycles. The summed E-state index contributed by atoms with van der Waals surface area (Å²) >= 11 is 0. The summed E-state index contributed by atoms with van der Waals surface area (Å²) in [6, 6.07) is 6.65. The Morgan fingerprint density at radius 1 is 1.19 bits per heavy atom. The number of anilines is 2. The van der Waals surface area contributed by atoms with Crippen LogP contribution in [0.4, 0.5) is 20.4 Å². The maximum absolute atomic E-state index is 13.8. The van der Waals surface area contributed by atoms with Crippen molar-refractivity contribution >= 4 is 28.4 Å². The third kappa shape index (κ3) is 2.99. The second kappa shape index (κ2) is 6.93. The second-order valence-corrected chi connectivity index (χ2v) is 6.83. The zero-order chi connectivity index (χ0) is 21.7. The van der Waals surface area contributed by atoms with Crippen LogP contribution in [-0.2, 0) is 13.6 Å². The fourth-order valence-electron chi connectivity index (χ4n) is 3.44. The molecule has 31 heavy (non-hydrogen) atoms. The molecule has 5 rings (SSSR count). The second-order valence-electron chi connectivity index (χ2n) is 6.83.